The second kappa shape index (κ2) is 6.66. The van der Waals surface area contributed by atoms with Crippen LogP contribution in [0.4, 0.5) is 8.78 Å². The summed E-state index contributed by atoms with van der Waals surface area (Å²) in [6, 6.07) is 2.70. The van der Waals surface area contributed by atoms with E-state index in [4.69, 9.17) is 0 Å². The lowest BCUT2D eigenvalue weighted by molar-refractivity contribution is 0.246. The fourth-order valence-corrected chi connectivity index (χ4v) is 3.45. The molecule has 1 nitrogen and oxygen atoms in total. The maximum absolute atomic E-state index is 13.8. The van der Waals surface area contributed by atoms with E-state index < -0.39 is 11.6 Å². The van der Waals surface area contributed by atoms with E-state index in [1.54, 1.807) is 13.0 Å². The van der Waals surface area contributed by atoms with Gasteiger partial charge in [-0.15, -0.1) is 0 Å². The van der Waals surface area contributed by atoms with E-state index in [2.05, 4.69) is 5.32 Å². The maximum atomic E-state index is 13.8. The van der Waals surface area contributed by atoms with Gasteiger partial charge in [0.05, 0.1) is 0 Å². The highest BCUT2D eigenvalue weighted by atomic mass is 19.1. The zero-order valence-corrected chi connectivity index (χ0v) is 12.6. The van der Waals surface area contributed by atoms with Crippen molar-refractivity contribution >= 4 is 0 Å². The predicted molar refractivity (Wildman–Crippen MR) is 78.9 cm³/mol. The van der Waals surface area contributed by atoms with Crippen LogP contribution in [-0.4, -0.2) is 13.6 Å². The predicted octanol–water partition coefficient (Wildman–Crippen LogP) is 4.38. The van der Waals surface area contributed by atoms with Crippen molar-refractivity contribution < 1.29 is 8.78 Å². The van der Waals surface area contributed by atoms with Gasteiger partial charge < -0.3 is 5.32 Å². The van der Waals surface area contributed by atoms with Gasteiger partial charge in [-0.25, -0.2) is 8.78 Å². The summed E-state index contributed by atoms with van der Waals surface area (Å²) in [5.74, 6) is -0.841. The molecule has 0 heterocycles. The van der Waals surface area contributed by atoms with Crippen LogP contribution in [0, 0.1) is 24.0 Å². The highest BCUT2D eigenvalue weighted by Crippen LogP contribution is 2.44. The molecule has 1 aliphatic carbocycles. The van der Waals surface area contributed by atoms with Crippen molar-refractivity contribution in [3.05, 3.63) is 34.9 Å². The fourth-order valence-electron chi connectivity index (χ4n) is 3.45. The molecule has 1 aromatic carbocycles. The van der Waals surface area contributed by atoms with E-state index in [-0.39, 0.29) is 0 Å². The maximum Gasteiger partial charge on any atom is 0.129 e. The summed E-state index contributed by atoms with van der Waals surface area (Å²) in [6.45, 7) is 2.72. The molecule has 0 unspecified atom stereocenters. The minimum absolute atomic E-state index is 0.359. The van der Waals surface area contributed by atoms with Crippen molar-refractivity contribution in [3.63, 3.8) is 0 Å². The van der Waals surface area contributed by atoms with Crippen molar-refractivity contribution in [3.8, 4) is 0 Å². The summed E-state index contributed by atoms with van der Waals surface area (Å²) < 4.78 is 27.1. The zero-order valence-electron chi connectivity index (χ0n) is 12.6. The Morgan fingerprint density at radius 2 is 1.80 bits per heavy atom. The third kappa shape index (κ3) is 3.57. The summed E-state index contributed by atoms with van der Waals surface area (Å²) in [6.07, 6.45) is 7.95. The summed E-state index contributed by atoms with van der Waals surface area (Å²) >= 11 is 0. The zero-order chi connectivity index (χ0) is 14.6. The molecule has 0 atom stereocenters. The topological polar surface area (TPSA) is 12.0 Å². The molecule has 1 fully saturated rings. The minimum Gasteiger partial charge on any atom is -0.320 e. The smallest absolute Gasteiger partial charge is 0.129 e. The van der Waals surface area contributed by atoms with Gasteiger partial charge in [0.25, 0.3) is 0 Å². The quantitative estimate of drug-likeness (QED) is 0.816. The molecular formula is C17H25F2N. The van der Waals surface area contributed by atoms with Crippen LogP contribution >= 0.6 is 0 Å². The molecule has 2 rings (SSSR count). The molecule has 0 amide bonds. The Bertz CT molecular complexity index is 451. The first-order valence-electron chi connectivity index (χ1n) is 7.65. The molecule has 1 aliphatic rings. The molecule has 0 aromatic heterocycles. The lowest BCUT2D eigenvalue weighted by Crippen LogP contribution is -2.23. The van der Waals surface area contributed by atoms with Crippen molar-refractivity contribution in [1.82, 2.24) is 5.32 Å². The summed E-state index contributed by atoms with van der Waals surface area (Å²) in [7, 11) is 1.98. The number of hydrogen-bond acceptors (Lipinski definition) is 1. The average Bonchev–Trinajstić information content (AvgIpc) is 2.88. The lowest BCUT2D eigenvalue weighted by Gasteiger charge is -2.29. The average molecular weight is 281 g/mol. The number of benzene rings is 1. The van der Waals surface area contributed by atoms with Gasteiger partial charge in [-0.05, 0) is 69.2 Å². The van der Waals surface area contributed by atoms with Gasteiger partial charge in [-0.2, -0.15) is 0 Å². The minimum atomic E-state index is -0.447. The van der Waals surface area contributed by atoms with E-state index in [1.807, 2.05) is 7.05 Å². The molecule has 0 saturated heterocycles. The van der Waals surface area contributed by atoms with Crippen molar-refractivity contribution in [2.24, 2.45) is 5.41 Å². The van der Waals surface area contributed by atoms with E-state index >= 15 is 0 Å². The van der Waals surface area contributed by atoms with Crippen molar-refractivity contribution in [2.75, 3.05) is 13.6 Å². The summed E-state index contributed by atoms with van der Waals surface area (Å²) in [5, 5.41) is 3.22. The van der Waals surface area contributed by atoms with Gasteiger partial charge in [-0.3, -0.25) is 0 Å². The normalized spacial score (nSPS) is 17.6. The first kappa shape index (κ1) is 15.4. The number of aryl methyl sites for hydroxylation is 2. The fraction of sp³-hybridized carbons (Fsp3) is 0.647. The van der Waals surface area contributed by atoms with Crippen molar-refractivity contribution in [2.45, 2.75) is 51.9 Å². The third-order valence-electron chi connectivity index (χ3n) is 4.82. The van der Waals surface area contributed by atoms with Crippen LogP contribution in [0.5, 0.6) is 0 Å². The lowest BCUT2D eigenvalue weighted by atomic mass is 9.77. The highest BCUT2D eigenvalue weighted by Gasteiger charge is 2.32. The number of hydrogen-bond donors (Lipinski definition) is 1. The van der Waals surface area contributed by atoms with E-state index in [0.717, 1.165) is 31.9 Å². The van der Waals surface area contributed by atoms with Crippen LogP contribution in [0.2, 0.25) is 0 Å². The molecule has 0 bridgehead atoms. The van der Waals surface area contributed by atoms with Gasteiger partial charge in [-0.1, -0.05) is 18.9 Å². The molecule has 3 heteroatoms. The summed E-state index contributed by atoms with van der Waals surface area (Å²) in [4.78, 5) is 0. The van der Waals surface area contributed by atoms with Gasteiger partial charge in [0.2, 0.25) is 0 Å². The Morgan fingerprint density at radius 1 is 1.10 bits per heavy atom. The Balaban J connectivity index is 2.04. The molecular weight excluding hydrogens is 256 g/mol. The Labute approximate surface area is 120 Å². The monoisotopic (exact) mass is 281 g/mol. The van der Waals surface area contributed by atoms with Gasteiger partial charge >= 0.3 is 0 Å². The van der Waals surface area contributed by atoms with Crippen LogP contribution in [0.15, 0.2) is 12.1 Å². The third-order valence-corrected chi connectivity index (χ3v) is 4.82. The molecule has 1 aromatic rings. The first-order chi connectivity index (χ1) is 9.56. The van der Waals surface area contributed by atoms with E-state index in [9.17, 15) is 8.78 Å². The van der Waals surface area contributed by atoms with Crippen LogP contribution in [0.1, 0.15) is 49.7 Å². The molecule has 1 N–H and O–H groups in total. The summed E-state index contributed by atoms with van der Waals surface area (Å²) in [5.41, 5.74) is 1.56. The van der Waals surface area contributed by atoms with Gasteiger partial charge in [0, 0.05) is 6.07 Å². The molecule has 1 saturated carbocycles. The largest absolute Gasteiger partial charge is 0.320 e. The van der Waals surface area contributed by atoms with Gasteiger partial charge in [0.1, 0.15) is 11.6 Å². The molecule has 20 heavy (non-hydrogen) atoms. The number of halogens is 2. The Morgan fingerprint density at radius 3 is 2.45 bits per heavy atom. The second-order valence-electron chi connectivity index (χ2n) is 6.25. The van der Waals surface area contributed by atoms with E-state index in [1.165, 1.54) is 25.7 Å². The van der Waals surface area contributed by atoms with Crippen LogP contribution in [0.3, 0.4) is 0 Å². The molecule has 0 aliphatic heterocycles. The standard InChI is InChI=1S/C17H25F2N/c1-13-11-14(16(19)12-15(13)18)5-8-17(9-10-20-2)6-3-4-7-17/h11-12,20H,3-10H2,1-2H3. The second-order valence-corrected chi connectivity index (χ2v) is 6.25. The van der Waals surface area contributed by atoms with Gasteiger partial charge in [0.15, 0.2) is 0 Å². The van der Waals surface area contributed by atoms with Crippen LogP contribution in [-0.2, 0) is 6.42 Å². The number of rotatable bonds is 6. The van der Waals surface area contributed by atoms with Crippen LogP contribution < -0.4 is 5.32 Å². The number of nitrogens with one attached hydrogen (secondary N) is 1. The van der Waals surface area contributed by atoms with Crippen molar-refractivity contribution in [1.29, 1.82) is 0 Å². The highest BCUT2D eigenvalue weighted by molar-refractivity contribution is 5.26. The molecule has 112 valence electrons. The molecule has 0 radical (unpaired) electrons. The SMILES string of the molecule is CNCCC1(CCc2cc(C)c(F)cc2F)CCCC1. The molecule has 0 spiro atoms. The first-order valence-corrected chi connectivity index (χ1v) is 7.65. The van der Waals surface area contributed by atoms with Crippen LogP contribution in [0.25, 0.3) is 0 Å². The van der Waals surface area contributed by atoms with E-state index in [0.29, 0.717) is 16.5 Å². The Hall–Kier alpha value is -0.960. The Kier molecular flexibility index (Phi) is 5.14.